The number of likely N-dealkylation sites (N-methyl/N-ethyl adjacent to an activating group) is 1. The molecule has 1 fully saturated rings. The predicted molar refractivity (Wildman–Crippen MR) is 82.8 cm³/mol. The fourth-order valence-electron chi connectivity index (χ4n) is 3.07. The Morgan fingerprint density at radius 3 is 2.89 bits per heavy atom. The smallest absolute Gasteiger partial charge is 0.0409 e. The highest BCUT2D eigenvalue weighted by molar-refractivity contribution is 6.30. The fourth-order valence-corrected chi connectivity index (χ4v) is 3.27. The van der Waals surface area contributed by atoms with Gasteiger partial charge in [0.2, 0.25) is 0 Å². The summed E-state index contributed by atoms with van der Waals surface area (Å²) in [6, 6.07) is 9.38. The maximum atomic E-state index is 6.11. The first-order valence-corrected chi connectivity index (χ1v) is 7.77. The summed E-state index contributed by atoms with van der Waals surface area (Å²) in [6.45, 7) is 4.54. The summed E-state index contributed by atoms with van der Waals surface area (Å²) in [4.78, 5) is 2.47. The van der Waals surface area contributed by atoms with Gasteiger partial charge in [-0.05, 0) is 50.6 Å². The molecule has 2 atom stereocenters. The van der Waals surface area contributed by atoms with Gasteiger partial charge in [0.25, 0.3) is 0 Å². The second-order valence-electron chi connectivity index (χ2n) is 5.57. The Labute approximate surface area is 122 Å². The lowest BCUT2D eigenvalue weighted by molar-refractivity contribution is 0.199. The quantitative estimate of drug-likeness (QED) is 0.881. The third-order valence-corrected chi connectivity index (χ3v) is 4.31. The summed E-state index contributed by atoms with van der Waals surface area (Å²) in [5.74, 6) is 0. The highest BCUT2D eigenvalue weighted by Gasteiger charge is 2.20. The summed E-state index contributed by atoms with van der Waals surface area (Å²) in [5.41, 5.74) is 1.33. The maximum Gasteiger partial charge on any atom is 0.0409 e. The Morgan fingerprint density at radius 2 is 2.26 bits per heavy atom. The van der Waals surface area contributed by atoms with E-state index in [1.807, 2.05) is 12.1 Å². The third kappa shape index (κ3) is 4.20. The second-order valence-corrected chi connectivity index (χ2v) is 6.00. The van der Waals surface area contributed by atoms with Crippen molar-refractivity contribution in [1.82, 2.24) is 10.2 Å². The number of nitrogens with one attached hydrogen (secondary N) is 1. The SMILES string of the molecule is CCC(c1cccc(Cl)c1)N(C)CC1CCCCN1. The Hall–Kier alpha value is -0.570. The highest BCUT2D eigenvalue weighted by Crippen LogP contribution is 2.25. The van der Waals surface area contributed by atoms with Gasteiger partial charge < -0.3 is 5.32 Å². The van der Waals surface area contributed by atoms with Crippen LogP contribution in [0.4, 0.5) is 0 Å². The van der Waals surface area contributed by atoms with Crippen molar-refractivity contribution >= 4 is 11.6 Å². The Balaban J connectivity index is 1.99. The van der Waals surface area contributed by atoms with Crippen LogP contribution in [0.15, 0.2) is 24.3 Å². The zero-order valence-electron chi connectivity index (χ0n) is 12.0. The van der Waals surface area contributed by atoms with Crippen LogP contribution in [0.25, 0.3) is 0 Å². The number of rotatable bonds is 5. The van der Waals surface area contributed by atoms with Gasteiger partial charge in [-0.15, -0.1) is 0 Å². The first-order valence-electron chi connectivity index (χ1n) is 7.39. The topological polar surface area (TPSA) is 15.3 Å². The van der Waals surface area contributed by atoms with Crippen molar-refractivity contribution in [3.05, 3.63) is 34.9 Å². The molecule has 0 radical (unpaired) electrons. The highest BCUT2D eigenvalue weighted by atomic mass is 35.5. The van der Waals surface area contributed by atoms with E-state index in [0.717, 1.165) is 18.0 Å². The Morgan fingerprint density at radius 1 is 1.42 bits per heavy atom. The molecule has 0 saturated carbocycles. The molecule has 1 aliphatic rings. The molecule has 0 spiro atoms. The molecule has 2 nitrogen and oxygen atoms in total. The monoisotopic (exact) mass is 280 g/mol. The molecule has 0 amide bonds. The molecule has 1 N–H and O–H groups in total. The number of nitrogens with zero attached hydrogens (tertiary/aromatic N) is 1. The third-order valence-electron chi connectivity index (χ3n) is 4.07. The van der Waals surface area contributed by atoms with Crippen molar-refractivity contribution in [1.29, 1.82) is 0 Å². The second kappa shape index (κ2) is 7.28. The van der Waals surface area contributed by atoms with Crippen molar-refractivity contribution in [2.24, 2.45) is 0 Å². The minimum atomic E-state index is 0.461. The molecule has 0 bridgehead atoms. The number of benzene rings is 1. The standard InChI is InChI=1S/C16H25ClN2/c1-3-16(13-7-6-8-14(17)11-13)19(2)12-15-9-4-5-10-18-15/h6-8,11,15-16,18H,3-5,9-10,12H2,1-2H3. The lowest BCUT2D eigenvalue weighted by atomic mass is 10.0. The van der Waals surface area contributed by atoms with Crippen LogP contribution < -0.4 is 5.32 Å². The number of piperidine rings is 1. The fraction of sp³-hybridized carbons (Fsp3) is 0.625. The normalized spacial score (nSPS) is 21.6. The van der Waals surface area contributed by atoms with Crippen LogP contribution in [-0.4, -0.2) is 31.1 Å². The lowest BCUT2D eigenvalue weighted by Crippen LogP contribution is -2.43. The number of halogens is 1. The van der Waals surface area contributed by atoms with Gasteiger partial charge in [-0.25, -0.2) is 0 Å². The van der Waals surface area contributed by atoms with E-state index < -0.39 is 0 Å². The molecule has 1 aromatic carbocycles. The number of hydrogen-bond donors (Lipinski definition) is 1. The Bertz CT molecular complexity index is 388. The van der Waals surface area contributed by atoms with Gasteiger partial charge in [-0.1, -0.05) is 37.1 Å². The minimum absolute atomic E-state index is 0.461. The molecule has 1 aliphatic heterocycles. The van der Waals surface area contributed by atoms with E-state index in [0.29, 0.717) is 12.1 Å². The van der Waals surface area contributed by atoms with Crippen molar-refractivity contribution < 1.29 is 0 Å². The van der Waals surface area contributed by atoms with Crippen molar-refractivity contribution in [2.75, 3.05) is 20.1 Å². The van der Waals surface area contributed by atoms with Gasteiger partial charge in [0.15, 0.2) is 0 Å². The largest absolute Gasteiger partial charge is 0.313 e. The van der Waals surface area contributed by atoms with Gasteiger partial charge in [0.1, 0.15) is 0 Å². The average molecular weight is 281 g/mol. The van der Waals surface area contributed by atoms with Crippen LogP contribution in [-0.2, 0) is 0 Å². The molecule has 1 saturated heterocycles. The lowest BCUT2D eigenvalue weighted by Gasteiger charge is -2.33. The van der Waals surface area contributed by atoms with E-state index in [1.165, 1.54) is 31.4 Å². The first kappa shape index (κ1) is 14.8. The summed E-state index contributed by atoms with van der Waals surface area (Å²) >= 11 is 6.11. The minimum Gasteiger partial charge on any atom is -0.313 e. The van der Waals surface area contributed by atoms with Crippen LogP contribution in [0.2, 0.25) is 5.02 Å². The summed E-state index contributed by atoms with van der Waals surface area (Å²) in [7, 11) is 2.23. The Kier molecular flexibility index (Phi) is 5.68. The van der Waals surface area contributed by atoms with E-state index in [1.54, 1.807) is 0 Å². The molecular weight excluding hydrogens is 256 g/mol. The predicted octanol–water partition coefficient (Wildman–Crippen LogP) is 3.87. The van der Waals surface area contributed by atoms with Gasteiger partial charge >= 0.3 is 0 Å². The first-order chi connectivity index (χ1) is 9.20. The molecular formula is C16H25ClN2. The van der Waals surface area contributed by atoms with Crippen molar-refractivity contribution in [3.8, 4) is 0 Å². The van der Waals surface area contributed by atoms with Gasteiger partial charge in [0.05, 0.1) is 0 Å². The number of hydrogen-bond acceptors (Lipinski definition) is 2. The van der Waals surface area contributed by atoms with Crippen molar-refractivity contribution in [2.45, 2.75) is 44.7 Å². The van der Waals surface area contributed by atoms with E-state index >= 15 is 0 Å². The molecule has 0 aromatic heterocycles. The van der Waals surface area contributed by atoms with Crippen LogP contribution in [0, 0.1) is 0 Å². The zero-order valence-corrected chi connectivity index (χ0v) is 12.8. The average Bonchev–Trinajstić information content (AvgIpc) is 2.41. The summed E-state index contributed by atoms with van der Waals surface area (Å²) < 4.78 is 0. The van der Waals surface area contributed by atoms with E-state index in [-0.39, 0.29) is 0 Å². The molecule has 0 aliphatic carbocycles. The molecule has 1 aromatic rings. The van der Waals surface area contributed by atoms with E-state index in [2.05, 4.69) is 36.3 Å². The molecule has 3 heteroatoms. The van der Waals surface area contributed by atoms with Gasteiger partial charge in [-0.2, -0.15) is 0 Å². The molecule has 2 unspecified atom stereocenters. The summed E-state index contributed by atoms with van der Waals surface area (Å²) in [6.07, 6.45) is 5.10. The van der Waals surface area contributed by atoms with Crippen LogP contribution in [0.1, 0.15) is 44.2 Å². The molecule has 1 heterocycles. The molecule has 2 rings (SSSR count). The van der Waals surface area contributed by atoms with Gasteiger partial charge in [0, 0.05) is 23.7 Å². The van der Waals surface area contributed by atoms with Crippen LogP contribution in [0.3, 0.4) is 0 Å². The molecule has 19 heavy (non-hydrogen) atoms. The van der Waals surface area contributed by atoms with Crippen molar-refractivity contribution in [3.63, 3.8) is 0 Å². The maximum absolute atomic E-state index is 6.11. The van der Waals surface area contributed by atoms with Crippen LogP contribution in [0.5, 0.6) is 0 Å². The zero-order chi connectivity index (χ0) is 13.7. The van der Waals surface area contributed by atoms with Crippen LogP contribution >= 0.6 is 11.6 Å². The summed E-state index contributed by atoms with van der Waals surface area (Å²) in [5, 5.41) is 4.46. The van der Waals surface area contributed by atoms with E-state index in [4.69, 9.17) is 11.6 Å². The van der Waals surface area contributed by atoms with E-state index in [9.17, 15) is 0 Å². The molecule has 106 valence electrons. The van der Waals surface area contributed by atoms with Gasteiger partial charge in [-0.3, -0.25) is 4.90 Å².